The van der Waals surface area contributed by atoms with E-state index in [1.54, 1.807) is 6.20 Å². The van der Waals surface area contributed by atoms with Gasteiger partial charge in [0, 0.05) is 10.7 Å². The summed E-state index contributed by atoms with van der Waals surface area (Å²) >= 11 is 9.07. The van der Waals surface area contributed by atoms with Crippen molar-refractivity contribution >= 4 is 27.5 Å². The predicted octanol–water partition coefficient (Wildman–Crippen LogP) is 3.14. The Hall–Kier alpha value is -0.0800. The quantitative estimate of drug-likeness (QED) is 0.663. The highest BCUT2D eigenvalue weighted by Crippen LogP contribution is 2.17. The fourth-order valence-electron chi connectivity index (χ4n) is 0.623. The van der Waals surface area contributed by atoms with E-state index < -0.39 is 0 Å². The maximum absolute atomic E-state index is 5.78. The lowest BCUT2D eigenvalue weighted by molar-refractivity contribution is 0.993. The third-order valence-corrected chi connectivity index (χ3v) is 1.85. The summed E-state index contributed by atoms with van der Waals surface area (Å²) in [7, 11) is 0. The van der Waals surface area contributed by atoms with Crippen molar-refractivity contribution in [2.45, 2.75) is 12.3 Å². The average Bonchev–Trinajstić information content (AvgIpc) is 1.88. The van der Waals surface area contributed by atoms with Crippen LogP contribution in [-0.4, -0.2) is 4.98 Å². The van der Waals surface area contributed by atoms with Gasteiger partial charge in [-0.2, -0.15) is 0 Å². The van der Waals surface area contributed by atoms with Crippen LogP contribution in [-0.2, 0) is 0 Å². The van der Waals surface area contributed by atoms with Crippen molar-refractivity contribution in [3.63, 3.8) is 0 Å². The third-order valence-electron chi connectivity index (χ3n) is 1.16. The number of hydrogen-bond acceptors (Lipinski definition) is 1. The normalized spacial score (nSPS) is 13.1. The van der Waals surface area contributed by atoms with Gasteiger partial charge in [-0.05, 0) is 35.0 Å². The van der Waals surface area contributed by atoms with Crippen LogP contribution in [0.25, 0.3) is 0 Å². The standard InChI is InChI=1S/C7H7BrClN/c1-5(9)7-3-2-6(8)4-10-7/h2-5H,1H3. The smallest absolute Gasteiger partial charge is 0.0729 e. The van der Waals surface area contributed by atoms with Gasteiger partial charge in [0.25, 0.3) is 0 Å². The van der Waals surface area contributed by atoms with Gasteiger partial charge in [-0.3, -0.25) is 4.98 Å². The van der Waals surface area contributed by atoms with E-state index >= 15 is 0 Å². The van der Waals surface area contributed by atoms with Gasteiger partial charge in [0.2, 0.25) is 0 Å². The van der Waals surface area contributed by atoms with Crippen molar-refractivity contribution in [2.24, 2.45) is 0 Å². The molecule has 0 fully saturated rings. The molecular formula is C7H7BrClN. The minimum atomic E-state index is -0.00639. The molecule has 1 aromatic rings. The first kappa shape index (κ1) is 8.02. The summed E-state index contributed by atoms with van der Waals surface area (Å²) in [6.07, 6.45) is 1.74. The van der Waals surface area contributed by atoms with E-state index in [0.717, 1.165) is 10.2 Å². The van der Waals surface area contributed by atoms with Crippen LogP contribution in [0.3, 0.4) is 0 Å². The Kier molecular flexibility index (Phi) is 2.69. The molecule has 1 rings (SSSR count). The van der Waals surface area contributed by atoms with Crippen LogP contribution in [0.1, 0.15) is 18.0 Å². The third kappa shape index (κ3) is 1.96. The molecule has 54 valence electrons. The Labute approximate surface area is 73.6 Å². The Morgan fingerprint density at radius 1 is 1.60 bits per heavy atom. The average molecular weight is 220 g/mol. The molecular weight excluding hydrogens is 213 g/mol. The second kappa shape index (κ2) is 3.35. The molecule has 1 unspecified atom stereocenters. The molecule has 0 aliphatic heterocycles. The van der Waals surface area contributed by atoms with Gasteiger partial charge < -0.3 is 0 Å². The highest BCUT2D eigenvalue weighted by molar-refractivity contribution is 9.10. The zero-order chi connectivity index (χ0) is 7.56. The van der Waals surface area contributed by atoms with Crippen LogP contribution in [0, 0.1) is 0 Å². The topological polar surface area (TPSA) is 12.9 Å². The molecule has 0 aliphatic carbocycles. The maximum Gasteiger partial charge on any atom is 0.0729 e. The Morgan fingerprint density at radius 2 is 2.30 bits per heavy atom. The van der Waals surface area contributed by atoms with Crippen molar-refractivity contribution in [3.8, 4) is 0 Å². The minimum Gasteiger partial charge on any atom is -0.259 e. The first-order valence-corrected chi connectivity index (χ1v) is 4.18. The summed E-state index contributed by atoms with van der Waals surface area (Å²) < 4.78 is 0.980. The molecule has 0 saturated heterocycles. The monoisotopic (exact) mass is 219 g/mol. The van der Waals surface area contributed by atoms with Gasteiger partial charge >= 0.3 is 0 Å². The van der Waals surface area contributed by atoms with Crippen molar-refractivity contribution in [1.82, 2.24) is 4.98 Å². The van der Waals surface area contributed by atoms with Gasteiger partial charge in [-0.15, -0.1) is 11.6 Å². The lowest BCUT2D eigenvalue weighted by Crippen LogP contribution is -1.87. The van der Waals surface area contributed by atoms with E-state index in [-0.39, 0.29) is 5.38 Å². The van der Waals surface area contributed by atoms with E-state index in [1.165, 1.54) is 0 Å². The molecule has 0 radical (unpaired) electrons. The zero-order valence-corrected chi connectivity index (χ0v) is 7.85. The minimum absolute atomic E-state index is 0.00639. The first-order valence-electron chi connectivity index (χ1n) is 2.95. The molecule has 0 aromatic carbocycles. The molecule has 0 aliphatic rings. The van der Waals surface area contributed by atoms with Gasteiger partial charge in [-0.1, -0.05) is 0 Å². The summed E-state index contributed by atoms with van der Waals surface area (Å²) in [6.45, 7) is 1.90. The van der Waals surface area contributed by atoms with E-state index in [0.29, 0.717) is 0 Å². The van der Waals surface area contributed by atoms with Gasteiger partial charge in [0.15, 0.2) is 0 Å². The molecule has 0 bridgehead atoms. The van der Waals surface area contributed by atoms with Crippen LogP contribution in [0.15, 0.2) is 22.8 Å². The highest BCUT2D eigenvalue weighted by atomic mass is 79.9. The number of pyridine rings is 1. The van der Waals surface area contributed by atoms with Gasteiger partial charge in [-0.25, -0.2) is 0 Å². The second-order valence-electron chi connectivity index (χ2n) is 2.02. The number of halogens is 2. The molecule has 1 heterocycles. The molecule has 0 amide bonds. The molecule has 0 spiro atoms. The van der Waals surface area contributed by atoms with E-state index in [9.17, 15) is 0 Å². The van der Waals surface area contributed by atoms with Crippen LogP contribution in [0.2, 0.25) is 0 Å². The van der Waals surface area contributed by atoms with Crippen LogP contribution >= 0.6 is 27.5 Å². The number of aromatic nitrogens is 1. The zero-order valence-electron chi connectivity index (χ0n) is 5.51. The van der Waals surface area contributed by atoms with Crippen molar-refractivity contribution in [3.05, 3.63) is 28.5 Å². The highest BCUT2D eigenvalue weighted by Gasteiger charge is 2.00. The van der Waals surface area contributed by atoms with Crippen molar-refractivity contribution in [1.29, 1.82) is 0 Å². The van der Waals surface area contributed by atoms with Crippen LogP contribution in [0.5, 0.6) is 0 Å². The van der Waals surface area contributed by atoms with Gasteiger partial charge in [0.05, 0.1) is 11.1 Å². The largest absolute Gasteiger partial charge is 0.259 e. The first-order chi connectivity index (χ1) is 4.70. The molecule has 1 nitrogen and oxygen atoms in total. The molecule has 1 atom stereocenters. The summed E-state index contributed by atoms with van der Waals surface area (Å²) in [5.41, 5.74) is 0.907. The number of alkyl halides is 1. The Balaban J connectivity index is 2.89. The Bertz CT molecular complexity index is 207. The SMILES string of the molecule is CC(Cl)c1ccc(Br)cn1. The molecule has 1 aromatic heterocycles. The van der Waals surface area contributed by atoms with Crippen LogP contribution < -0.4 is 0 Å². The molecule has 0 N–H and O–H groups in total. The summed E-state index contributed by atoms with van der Waals surface area (Å²) in [5.74, 6) is 0. The van der Waals surface area contributed by atoms with E-state index in [1.807, 2.05) is 19.1 Å². The lowest BCUT2D eigenvalue weighted by atomic mass is 10.3. The number of hydrogen-bond donors (Lipinski definition) is 0. The molecule has 10 heavy (non-hydrogen) atoms. The lowest BCUT2D eigenvalue weighted by Gasteiger charge is -1.99. The summed E-state index contributed by atoms with van der Waals surface area (Å²) in [4.78, 5) is 4.10. The maximum atomic E-state index is 5.78. The van der Waals surface area contributed by atoms with Crippen molar-refractivity contribution < 1.29 is 0 Å². The van der Waals surface area contributed by atoms with Gasteiger partial charge in [0.1, 0.15) is 0 Å². The fraction of sp³-hybridized carbons (Fsp3) is 0.286. The van der Waals surface area contributed by atoms with Crippen molar-refractivity contribution in [2.75, 3.05) is 0 Å². The molecule has 3 heteroatoms. The molecule has 0 saturated carbocycles. The second-order valence-corrected chi connectivity index (χ2v) is 3.59. The fourth-order valence-corrected chi connectivity index (χ4v) is 0.986. The van der Waals surface area contributed by atoms with E-state index in [2.05, 4.69) is 20.9 Å². The summed E-state index contributed by atoms with van der Waals surface area (Å²) in [5, 5.41) is -0.00639. The predicted molar refractivity (Wildman–Crippen MR) is 46.2 cm³/mol. The van der Waals surface area contributed by atoms with E-state index in [4.69, 9.17) is 11.6 Å². The summed E-state index contributed by atoms with van der Waals surface area (Å²) in [6, 6.07) is 3.84. The Morgan fingerprint density at radius 3 is 2.70 bits per heavy atom. The number of nitrogens with zero attached hydrogens (tertiary/aromatic N) is 1. The number of rotatable bonds is 1. The van der Waals surface area contributed by atoms with Crippen LogP contribution in [0.4, 0.5) is 0 Å².